The van der Waals surface area contributed by atoms with Crippen LogP contribution in [-0.4, -0.2) is 20.6 Å². The van der Waals surface area contributed by atoms with E-state index in [4.69, 9.17) is 9.15 Å². The topological polar surface area (TPSA) is 93.9 Å². The molecule has 138 valence electrons. The van der Waals surface area contributed by atoms with Crippen molar-refractivity contribution in [1.82, 2.24) is 20.6 Å². The van der Waals surface area contributed by atoms with Crippen LogP contribution in [-0.2, 0) is 13.0 Å². The zero-order valence-electron chi connectivity index (χ0n) is 15.5. The molecule has 1 aromatic carbocycles. The summed E-state index contributed by atoms with van der Waals surface area (Å²) in [5.41, 5.74) is 2.91. The standard InChI is InChI=1S/C19H24N4O3/c1-4-5-6-7-8-15-12(2)14-9-10-16(13(3)18(14)26-19(15)24)25-11-17-20-22-23-21-17/h9-10H,4-8,11H2,1-3H3,(H,20,21,22,23). The van der Waals surface area contributed by atoms with Gasteiger partial charge in [0.25, 0.3) is 0 Å². The van der Waals surface area contributed by atoms with Gasteiger partial charge in [0.15, 0.2) is 6.61 Å². The van der Waals surface area contributed by atoms with E-state index in [1.807, 2.05) is 26.0 Å². The molecule has 0 unspecified atom stereocenters. The van der Waals surface area contributed by atoms with Crippen molar-refractivity contribution in [2.24, 2.45) is 0 Å². The predicted molar refractivity (Wildman–Crippen MR) is 98.3 cm³/mol. The number of aromatic amines is 1. The maximum atomic E-state index is 12.5. The van der Waals surface area contributed by atoms with Gasteiger partial charge in [-0.25, -0.2) is 4.79 Å². The first-order chi connectivity index (χ1) is 12.6. The minimum absolute atomic E-state index is 0.196. The molecule has 0 atom stereocenters. The van der Waals surface area contributed by atoms with Gasteiger partial charge in [-0.2, -0.15) is 5.21 Å². The van der Waals surface area contributed by atoms with Gasteiger partial charge in [-0.05, 0) is 44.4 Å². The lowest BCUT2D eigenvalue weighted by atomic mass is 9.99. The van der Waals surface area contributed by atoms with Gasteiger partial charge in [-0.3, -0.25) is 0 Å². The number of rotatable bonds is 8. The summed E-state index contributed by atoms with van der Waals surface area (Å²) in [5, 5.41) is 14.6. The molecule has 0 bridgehead atoms. The summed E-state index contributed by atoms with van der Waals surface area (Å²) < 4.78 is 11.4. The lowest BCUT2D eigenvalue weighted by Crippen LogP contribution is -2.11. The van der Waals surface area contributed by atoms with E-state index in [0.29, 0.717) is 17.2 Å². The molecule has 7 nitrogen and oxygen atoms in total. The minimum Gasteiger partial charge on any atom is -0.485 e. The molecule has 0 fully saturated rings. The molecule has 3 aromatic rings. The van der Waals surface area contributed by atoms with E-state index in [-0.39, 0.29) is 12.2 Å². The molecule has 0 saturated heterocycles. The second-order valence-electron chi connectivity index (χ2n) is 6.49. The minimum atomic E-state index is -0.245. The van der Waals surface area contributed by atoms with Crippen LogP contribution in [0.4, 0.5) is 0 Å². The third-order valence-corrected chi connectivity index (χ3v) is 4.68. The molecule has 26 heavy (non-hydrogen) atoms. The molecule has 7 heteroatoms. The van der Waals surface area contributed by atoms with Crippen molar-refractivity contribution in [2.45, 2.75) is 59.5 Å². The number of H-pyrrole nitrogens is 1. The van der Waals surface area contributed by atoms with Gasteiger partial charge >= 0.3 is 5.63 Å². The quantitative estimate of drug-likeness (QED) is 0.489. The first-order valence-corrected chi connectivity index (χ1v) is 9.02. The van der Waals surface area contributed by atoms with Gasteiger partial charge in [0.05, 0.1) is 0 Å². The highest BCUT2D eigenvalue weighted by atomic mass is 16.5. The Hall–Kier alpha value is -2.70. The Morgan fingerprint density at radius 3 is 2.73 bits per heavy atom. The van der Waals surface area contributed by atoms with E-state index in [1.165, 1.54) is 12.8 Å². The largest absolute Gasteiger partial charge is 0.485 e. The van der Waals surface area contributed by atoms with Crippen LogP contribution in [0.5, 0.6) is 5.75 Å². The molecule has 3 rings (SSSR count). The van der Waals surface area contributed by atoms with Gasteiger partial charge in [0, 0.05) is 16.5 Å². The number of aromatic nitrogens is 4. The lowest BCUT2D eigenvalue weighted by molar-refractivity contribution is 0.294. The second kappa shape index (κ2) is 8.12. The summed E-state index contributed by atoms with van der Waals surface area (Å²) in [7, 11) is 0. The normalized spacial score (nSPS) is 11.2. The summed E-state index contributed by atoms with van der Waals surface area (Å²) in [6, 6.07) is 3.84. The molecule has 0 amide bonds. The number of nitrogens with one attached hydrogen (secondary N) is 1. The van der Waals surface area contributed by atoms with Crippen molar-refractivity contribution in [2.75, 3.05) is 0 Å². The number of nitrogens with zero attached hydrogens (tertiary/aromatic N) is 3. The Kier molecular flexibility index (Phi) is 5.65. The van der Waals surface area contributed by atoms with E-state index in [0.717, 1.165) is 41.3 Å². The predicted octanol–water partition coefficient (Wildman–Crippen LogP) is 3.62. The number of tetrazole rings is 1. The van der Waals surface area contributed by atoms with Crippen LogP contribution in [0, 0.1) is 13.8 Å². The molecule has 2 aromatic heterocycles. The number of fused-ring (bicyclic) bond motifs is 1. The molecular formula is C19H24N4O3. The van der Waals surface area contributed by atoms with E-state index < -0.39 is 0 Å². The van der Waals surface area contributed by atoms with Crippen molar-refractivity contribution >= 4 is 11.0 Å². The Morgan fingerprint density at radius 2 is 2.00 bits per heavy atom. The lowest BCUT2D eigenvalue weighted by Gasteiger charge is -2.12. The highest BCUT2D eigenvalue weighted by molar-refractivity contribution is 5.85. The van der Waals surface area contributed by atoms with Crippen molar-refractivity contribution in [3.05, 3.63) is 45.1 Å². The maximum Gasteiger partial charge on any atom is 0.339 e. The third-order valence-electron chi connectivity index (χ3n) is 4.68. The van der Waals surface area contributed by atoms with E-state index in [1.54, 1.807) is 0 Å². The Bertz CT molecular complexity index is 932. The maximum absolute atomic E-state index is 12.5. The fraction of sp³-hybridized carbons (Fsp3) is 0.474. The second-order valence-corrected chi connectivity index (χ2v) is 6.49. The zero-order chi connectivity index (χ0) is 18.5. The number of hydrogen-bond donors (Lipinski definition) is 1. The average molecular weight is 356 g/mol. The Morgan fingerprint density at radius 1 is 1.15 bits per heavy atom. The van der Waals surface area contributed by atoms with Gasteiger partial charge in [0.1, 0.15) is 11.3 Å². The molecule has 0 aliphatic heterocycles. The molecule has 1 N–H and O–H groups in total. The number of benzene rings is 1. The third kappa shape index (κ3) is 3.76. The van der Waals surface area contributed by atoms with Gasteiger partial charge in [-0.1, -0.05) is 31.4 Å². The first kappa shape index (κ1) is 18.1. The zero-order valence-corrected chi connectivity index (χ0v) is 15.5. The Labute approximate surface area is 151 Å². The molecule has 0 aliphatic carbocycles. The van der Waals surface area contributed by atoms with Crippen molar-refractivity contribution in [1.29, 1.82) is 0 Å². The van der Waals surface area contributed by atoms with E-state index >= 15 is 0 Å². The summed E-state index contributed by atoms with van der Waals surface area (Å²) in [6.07, 6.45) is 5.28. The fourth-order valence-corrected chi connectivity index (χ4v) is 3.13. The first-order valence-electron chi connectivity index (χ1n) is 9.02. The highest BCUT2D eigenvalue weighted by Crippen LogP contribution is 2.30. The highest BCUT2D eigenvalue weighted by Gasteiger charge is 2.15. The van der Waals surface area contributed by atoms with Crippen LogP contribution in [0.1, 0.15) is 55.1 Å². The van der Waals surface area contributed by atoms with Crippen LogP contribution in [0.15, 0.2) is 21.3 Å². The molecule has 0 spiro atoms. The molecule has 0 radical (unpaired) electrons. The average Bonchev–Trinajstić information content (AvgIpc) is 3.14. The number of hydrogen-bond acceptors (Lipinski definition) is 6. The monoisotopic (exact) mass is 356 g/mol. The summed E-state index contributed by atoms with van der Waals surface area (Å²) in [4.78, 5) is 12.5. The van der Waals surface area contributed by atoms with Gasteiger partial charge < -0.3 is 9.15 Å². The summed E-state index contributed by atoms with van der Waals surface area (Å²) >= 11 is 0. The molecular weight excluding hydrogens is 332 g/mol. The van der Waals surface area contributed by atoms with Crippen LogP contribution < -0.4 is 10.4 Å². The Balaban J connectivity index is 1.87. The van der Waals surface area contributed by atoms with Crippen LogP contribution in [0.3, 0.4) is 0 Å². The van der Waals surface area contributed by atoms with Crippen LogP contribution in [0.2, 0.25) is 0 Å². The number of unbranched alkanes of at least 4 members (excludes halogenated alkanes) is 3. The molecule has 2 heterocycles. The van der Waals surface area contributed by atoms with E-state index in [9.17, 15) is 4.79 Å². The summed E-state index contributed by atoms with van der Waals surface area (Å²) in [6.45, 7) is 6.25. The fourth-order valence-electron chi connectivity index (χ4n) is 3.13. The molecule has 0 aliphatic rings. The van der Waals surface area contributed by atoms with Crippen molar-refractivity contribution in [3.63, 3.8) is 0 Å². The number of aryl methyl sites for hydroxylation is 2. The van der Waals surface area contributed by atoms with Crippen molar-refractivity contribution in [3.8, 4) is 5.75 Å². The van der Waals surface area contributed by atoms with Crippen LogP contribution in [0.25, 0.3) is 11.0 Å². The number of ether oxygens (including phenoxy) is 1. The van der Waals surface area contributed by atoms with Crippen molar-refractivity contribution < 1.29 is 9.15 Å². The van der Waals surface area contributed by atoms with Gasteiger partial charge in [0.2, 0.25) is 5.82 Å². The van der Waals surface area contributed by atoms with E-state index in [2.05, 4.69) is 27.5 Å². The smallest absolute Gasteiger partial charge is 0.339 e. The van der Waals surface area contributed by atoms with Gasteiger partial charge in [-0.15, -0.1) is 10.2 Å². The van der Waals surface area contributed by atoms with Crippen LogP contribution >= 0.6 is 0 Å². The summed E-state index contributed by atoms with van der Waals surface area (Å²) in [5.74, 6) is 1.10. The SMILES string of the molecule is CCCCCCc1c(C)c2ccc(OCc3nn[nH]n3)c(C)c2oc1=O. The molecule has 0 saturated carbocycles.